The second kappa shape index (κ2) is 5.73. The third kappa shape index (κ3) is 3.48. The summed E-state index contributed by atoms with van der Waals surface area (Å²) in [5.41, 5.74) is 0. The fourth-order valence-electron chi connectivity index (χ4n) is 2.56. The van der Waals surface area contributed by atoms with Gasteiger partial charge in [0, 0.05) is 25.0 Å². The van der Waals surface area contributed by atoms with Crippen LogP contribution in [-0.4, -0.2) is 28.5 Å². The van der Waals surface area contributed by atoms with E-state index in [9.17, 15) is 13.2 Å². The van der Waals surface area contributed by atoms with E-state index in [1.54, 1.807) is 16.9 Å². The number of alkyl halides is 3. The summed E-state index contributed by atoms with van der Waals surface area (Å²) in [6.07, 6.45) is 1.83. The molecular weight excluding hydrogens is 243 g/mol. The van der Waals surface area contributed by atoms with Crippen molar-refractivity contribution in [2.75, 3.05) is 6.54 Å². The highest BCUT2D eigenvalue weighted by atomic mass is 19.4. The molecule has 0 saturated heterocycles. The van der Waals surface area contributed by atoms with Gasteiger partial charge in [-0.3, -0.25) is 4.68 Å². The Labute approximate surface area is 104 Å². The zero-order valence-electron chi connectivity index (χ0n) is 10.2. The number of halogens is 3. The number of rotatable bonds is 4. The van der Waals surface area contributed by atoms with E-state index in [-0.39, 0.29) is 6.42 Å². The number of hydrogen-bond donors (Lipinski definition) is 1. The van der Waals surface area contributed by atoms with E-state index in [1.807, 2.05) is 6.20 Å². The lowest BCUT2D eigenvalue weighted by Gasteiger charge is -2.33. The molecule has 1 heterocycles. The van der Waals surface area contributed by atoms with E-state index in [0.717, 1.165) is 6.42 Å². The number of aromatic nitrogens is 2. The van der Waals surface area contributed by atoms with Crippen molar-refractivity contribution in [2.24, 2.45) is 5.92 Å². The standard InChI is InChI=1S/C12H18F3N3/c13-12(14,15)10-4-1-2-5-11(10)16-7-9-18-8-3-6-17-18/h3,6,8,10-11,16H,1-2,4-5,7,9H2. The third-order valence-corrected chi connectivity index (χ3v) is 3.49. The molecule has 1 aromatic heterocycles. The van der Waals surface area contributed by atoms with Crippen molar-refractivity contribution in [2.45, 2.75) is 44.4 Å². The Balaban J connectivity index is 1.82. The van der Waals surface area contributed by atoms with Crippen molar-refractivity contribution in [3.8, 4) is 0 Å². The highest BCUT2D eigenvalue weighted by Crippen LogP contribution is 2.37. The average molecular weight is 261 g/mol. The first-order valence-corrected chi connectivity index (χ1v) is 6.35. The summed E-state index contributed by atoms with van der Waals surface area (Å²) in [4.78, 5) is 0. The van der Waals surface area contributed by atoms with Crippen molar-refractivity contribution >= 4 is 0 Å². The van der Waals surface area contributed by atoms with Crippen LogP contribution in [-0.2, 0) is 6.54 Å². The largest absolute Gasteiger partial charge is 0.393 e. The molecule has 102 valence electrons. The molecule has 0 bridgehead atoms. The molecule has 1 N–H and O–H groups in total. The van der Waals surface area contributed by atoms with Gasteiger partial charge in [0.2, 0.25) is 0 Å². The van der Waals surface area contributed by atoms with Crippen LogP contribution in [0.5, 0.6) is 0 Å². The Morgan fingerprint density at radius 2 is 2.06 bits per heavy atom. The minimum atomic E-state index is -4.08. The van der Waals surface area contributed by atoms with Crippen molar-refractivity contribution in [1.29, 1.82) is 0 Å². The molecule has 2 rings (SSSR count). The molecule has 0 radical (unpaired) electrons. The van der Waals surface area contributed by atoms with Crippen LogP contribution in [0, 0.1) is 5.92 Å². The molecule has 2 unspecified atom stereocenters. The van der Waals surface area contributed by atoms with Crippen molar-refractivity contribution in [3.63, 3.8) is 0 Å². The summed E-state index contributed by atoms with van der Waals surface area (Å²) in [6.45, 7) is 1.13. The van der Waals surface area contributed by atoms with Gasteiger partial charge in [0.15, 0.2) is 0 Å². The Kier molecular flexibility index (Phi) is 4.27. The fourth-order valence-corrected chi connectivity index (χ4v) is 2.56. The van der Waals surface area contributed by atoms with Gasteiger partial charge in [0.1, 0.15) is 0 Å². The van der Waals surface area contributed by atoms with E-state index < -0.39 is 18.1 Å². The number of hydrogen-bond acceptors (Lipinski definition) is 2. The van der Waals surface area contributed by atoms with Crippen LogP contribution in [0.1, 0.15) is 25.7 Å². The predicted octanol–water partition coefficient (Wildman–Crippen LogP) is 2.59. The van der Waals surface area contributed by atoms with Crippen molar-refractivity contribution in [1.82, 2.24) is 15.1 Å². The van der Waals surface area contributed by atoms with Crippen LogP contribution in [0.3, 0.4) is 0 Å². The molecule has 1 aliphatic rings. The first kappa shape index (κ1) is 13.4. The highest BCUT2D eigenvalue weighted by Gasteiger charge is 2.45. The van der Waals surface area contributed by atoms with E-state index in [1.165, 1.54) is 0 Å². The Morgan fingerprint density at radius 1 is 1.28 bits per heavy atom. The maximum atomic E-state index is 12.8. The van der Waals surface area contributed by atoms with Crippen LogP contribution < -0.4 is 5.32 Å². The maximum Gasteiger partial charge on any atom is 0.393 e. The van der Waals surface area contributed by atoms with E-state index >= 15 is 0 Å². The van der Waals surface area contributed by atoms with Gasteiger partial charge in [-0.05, 0) is 18.9 Å². The van der Waals surface area contributed by atoms with Crippen molar-refractivity contribution in [3.05, 3.63) is 18.5 Å². The van der Waals surface area contributed by atoms with E-state index in [0.29, 0.717) is 25.9 Å². The Morgan fingerprint density at radius 3 is 2.72 bits per heavy atom. The summed E-state index contributed by atoms with van der Waals surface area (Å²) in [6, 6.07) is 1.37. The van der Waals surface area contributed by atoms with Gasteiger partial charge in [-0.15, -0.1) is 0 Å². The lowest BCUT2D eigenvalue weighted by Crippen LogP contribution is -2.46. The zero-order valence-corrected chi connectivity index (χ0v) is 10.2. The van der Waals surface area contributed by atoms with Gasteiger partial charge >= 0.3 is 6.18 Å². The van der Waals surface area contributed by atoms with Gasteiger partial charge < -0.3 is 5.32 Å². The molecular formula is C12H18F3N3. The smallest absolute Gasteiger partial charge is 0.312 e. The van der Waals surface area contributed by atoms with Crippen LogP contribution >= 0.6 is 0 Å². The molecule has 1 aromatic rings. The molecule has 1 aliphatic carbocycles. The number of nitrogens with one attached hydrogen (secondary N) is 1. The number of nitrogens with zero attached hydrogens (tertiary/aromatic N) is 2. The first-order chi connectivity index (χ1) is 8.57. The van der Waals surface area contributed by atoms with Crippen molar-refractivity contribution < 1.29 is 13.2 Å². The van der Waals surface area contributed by atoms with Crippen LogP contribution in [0.2, 0.25) is 0 Å². The van der Waals surface area contributed by atoms with Crippen LogP contribution in [0.25, 0.3) is 0 Å². The monoisotopic (exact) mass is 261 g/mol. The molecule has 3 nitrogen and oxygen atoms in total. The summed E-state index contributed by atoms with van der Waals surface area (Å²) in [5, 5.41) is 7.06. The fraction of sp³-hybridized carbons (Fsp3) is 0.750. The van der Waals surface area contributed by atoms with Gasteiger partial charge in [-0.2, -0.15) is 18.3 Å². The summed E-state index contributed by atoms with van der Waals surface area (Å²) in [5.74, 6) is -1.19. The maximum absolute atomic E-state index is 12.8. The molecule has 18 heavy (non-hydrogen) atoms. The van der Waals surface area contributed by atoms with E-state index in [2.05, 4.69) is 10.4 Å². The van der Waals surface area contributed by atoms with Crippen LogP contribution in [0.4, 0.5) is 13.2 Å². The summed E-state index contributed by atoms with van der Waals surface area (Å²) >= 11 is 0. The second-order valence-electron chi connectivity index (χ2n) is 4.76. The molecule has 2 atom stereocenters. The van der Waals surface area contributed by atoms with E-state index in [4.69, 9.17) is 0 Å². The third-order valence-electron chi connectivity index (χ3n) is 3.49. The van der Waals surface area contributed by atoms with Gasteiger partial charge in [0.25, 0.3) is 0 Å². The molecule has 0 aliphatic heterocycles. The topological polar surface area (TPSA) is 29.9 Å². The molecule has 0 spiro atoms. The first-order valence-electron chi connectivity index (χ1n) is 6.35. The summed E-state index contributed by atoms with van der Waals surface area (Å²) < 4.78 is 40.2. The predicted molar refractivity (Wildman–Crippen MR) is 62.0 cm³/mol. The average Bonchev–Trinajstić information content (AvgIpc) is 2.81. The Hall–Kier alpha value is -1.04. The Bertz CT molecular complexity index is 348. The lowest BCUT2D eigenvalue weighted by molar-refractivity contribution is -0.188. The highest BCUT2D eigenvalue weighted by molar-refractivity contribution is 4.85. The normalized spacial score (nSPS) is 25.3. The van der Waals surface area contributed by atoms with Gasteiger partial charge in [0.05, 0.1) is 12.5 Å². The minimum Gasteiger partial charge on any atom is -0.312 e. The SMILES string of the molecule is FC(F)(F)C1CCCCC1NCCn1cccn1. The zero-order chi connectivity index (χ0) is 13.0. The summed E-state index contributed by atoms with van der Waals surface area (Å²) in [7, 11) is 0. The minimum absolute atomic E-state index is 0.253. The second-order valence-corrected chi connectivity index (χ2v) is 4.76. The van der Waals surface area contributed by atoms with Gasteiger partial charge in [-0.1, -0.05) is 12.8 Å². The lowest BCUT2D eigenvalue weighted by atomic mass is 9.84. The quantitative estimate of drug-likeness (QED) is 0.902. The van der Waals surface area contributed by atoms with Gasteiger partial charge in [-0.25, -0.2) is 0 Å². The molecule has 6 heteroatoms. The molecule has 0 aromatic carbocycles. The molecule has 1 fully saturated rings. The molecule has 1 saturated carbocycles. The van der Waals surface area contributed by atoms with Crippen LogP contribution in [0.15, 0.2) is 18.5 Å². The molecule has 0 amide bonds.